The first-order chi connectivity index (χ1) is 5.72. The standard InChI is InChI=1S/C11H22O/c1-4-6-7-8-9-11(12)10(3)5-2/h5,10-12H,2,4,6-9H2,1,3H3/t10-,11-/m0/s1. The molecular weight excluding hydrogens is 148 g/mol. The molecule has 0 aromatic carbocycles. The summed E-state index contributed by atoms with van der Waals surface area (Å²) in [5, 5.41) is 9.55. The monoisotopic (exact) mass is 170 g/mol. The van der Waals surface area contributed by atoms with Gasteiger partial charge in [0.2, 0.25) is 0 Å². The predicted molar refractivity (Wildman–Crippen MR) is 54.1 cm³/mol. The highest BCUT2D eigenvalue weighted by molar-refractivity contribution is 4.80. The average molecular weight is 170 g/mol. The molecule has 72 valence electrons. The van der Waals surface area contributed by atoms with Crippen LogP contribution in [0, 0.1) is 5.92 Å². The average Bonchev–Trinajstić information content (AvgIpc) is 2.10. The lowest BCUT2D eigenvalue weighted by Crippen LogP contribution is -2.14. The molecular formula is C11H22O. The Hall–Kier alpha value is -0.300. The zero-order valence-electron chi connectivity index (χ0n) is 8.42. The fraction of sp³-hybridized carbons (Fsp3) is 0.818. The van der Waals surface area contributed by atoms with E-state index >= 15 is 0 Å². The van der Waals surface area contributed by atoms with Crippen molar-refractivity contribution in [2.24, 2.45) is 5.92 Å². The van der Waals surface area contributed by atoms with E-state index in [9.17, 15) is 5.11 Å². The van der Waals surface area contributed by atoms with Gasteiger partial charge in [-0.15, -0.1) is 6.58 Å². The van der Waals surface area contributed by atoms with Crippen molar-refractivity contribution >= 4 is 0 Å². The van der Waals surface area contributed by atoms with Crippen LogP contribution in [-0.2, 0) is 0 Å². The summed E-state index contributed by atoms with van der Waals surface area (Å²) in [5.41, 5.74) is 0. The Labute approximate surface area is 76.5 Å². The third-order valence-electron chi connectivity index (χ3n) is 2.33. The van der Waals surface area contributed by atoms with Crippen molar-refractivity contribution < 1.29 is 5.11 Å². The zero-order chi connectivity index (χ0) is 9.40. The fourth-order valence-electron chi connectivity index (χ4n) is 1.20. The Morgan fingerprint density at radius 1 is 1.33 bits per heavy atom. The van der Waals surface area contributed by atoms with Gasteiger partial charge < -0.3 is 5.11 Å². The molecule has 0 aliphatic rings. The third-order valence-corrected chi connectivity index (χ3v) is 2.33. The van der Waals surface area contributed by atoms with Crippen LogP contribution in [0.2, 0.25) is 0 Å². The van der Waals surface area contributed by atoms with Crippen LogP contribution in [0.15, 0.2) is 12.7 Å². The summed E-state index contributed by atoms with van der Waals surface area (Å²) >= 11 is 0. The summed E-state index contributed by atoms with van der Waals surface area (Å²) in [5.74, 6) is 0.242. The summed E-state index contributed by atoms with van der Waals surface area (Å²) in [6.07, 6.45) is 7.50. The molecule has 0 aromatic heterocycles. The third kappa shape index (κ3) is 5.36. The van der Waals surface area contributed by atoms with Crippen molar-refractivity contribution in [3.05, 3.63) is 12.7 Å². The molecule has 0 heterocycles. The van der Waals surface area contributed by atoms with E-state index in [1.54, 1.807) is 0 Å². The summed E-state index contributed by atoms with van der Waals surface area (Å²) in [7, 11) is 0. The molecule has 0 aliphatic heterocycles. The van der Waals surface area contributed by atoms with E-state index in [1.807, 2.05) is 13.0 Å². The van der Waals surface area contributed by atoms with Crippen molar-refractivity contribution in [2.75, 3.05) is 0 Å². The minimum atomic E-state index is -0.181. The van der Waals surface area contributed by atoms with Crippen LogP contribution in [0.5, 0.6) is 0 Å². The van der Waals surface area contributed by atoms with Gasteiger partial charge >= 0.3 is 0 Å². The lowest BCUT2D eigenvalue weighted by Gasteiger charge is -2.14. The number of rotatable bonds is 7. The van der Waals surface area contributed by atoms with E-state index in [2.05, 4.69) is 13.5 Å². The Morgan fingerprint density at radius 2 is 2.00 bits per heavy atom. The fourth-order valence-corrected chi connectivity index (χ4v) is 1.20. The maximum absolute atomic E-state index is 9.55. The lowest BCUT2D eigenvalue weighted by atomic mass is 9.99. The summed E-state index contributed by atoms with van der Waals surface area (Å²) in [6.45, 7) is 7.87. The van der Waals surface area contributed by atoms with E-state index in [0.717, 1.165) is 12.8 Å². The highest BCUT2D eigenvalue weighted by atomic mass is 16.3. The van der Waals surface area contributed by atoms with E-state index < -0.39 is 0 Å². The molecule has 0 saturated heterocycles. The molecule has 0 unspecified atom stereocenters. The van der Waals surface area contributed by atoms with Gasteiger partial charge in [0.05, 0.1) is 6.10 Å². The van der Waals surface area contributed by atoms with Crippen molar-refractivity contribution in [1.29, 1.82) is 0 Å². The van der Waals surface area contributed by atoms with Gasteiger partial charge in [-0.1, -0.05) is 45.6 Å². The molecule has 12 heavy (non-hydrogen) atoms. The number of aliphatic hydroxyl groups is 1. The highest BCUT2D eigenvalue weighted by Gasteiger charge is 2.09. The maximum atomic E-state index is 9.55. The van der Waals surface area contributed by atoms with Gasteiger partial charge in [0.1, 0.15) is 0 Å². The van der Waals surface area contributed by atoms with Crippen molar-refractivity contribution in [2.45, 2.75) is 52.1 Å². The van der Waals surface area contributed by atoms with Gasteiger partial charge in [-0.25, -0.2) is 0 Å². The van der Waals surface area contributed by atoms with Crippen LogP contribution >= 0.6 is 0 Å². The van der Waals surface area contributed by atoms with Crippen LogP contribution in [0.1, 0.15) is 46.0 Å². The second-order valence-electron chi connectivity index (χ2n) is 3.51. The van der Waals surface area contributed by atoms with Crippen molar-refractivity contribution in [3.8, 4) is 0 Å². The van der Waals surface area contributed by atoms with Gasteiger partial charge in [-0.3, -0.25) is 0 Å². The largest absolute Gasteiger partial charge is 0.393 e. The zero-order valence-corrected chi connectivity index (χ0v) is 8.42. The van der Waals surface area contributed by atoms with Crippen LogP contribution in [0.25, 0.3) is 0 Å². The van der Waals surface area contributed by atoms with Crippen molar-refractivity contribution in [1.82, 2.24) is 0 Å². The Kier molecular flexibility index (Phi) is 7.17. The number of hydrogen-bond acceptors (Lipinski definition) is 1. The van der Waals surface area contributed by atoms with Crippen LogP contribution in [-0.4, -0.2) is 11.2 Å². The van der Waals surface area contributed by atoms with E-state index in [1.165, 1.54) is 19.3 Å². The second kappa shape index (κ2) is 7.35. The first-order valence-corrected chi connectivity index (χ1v) is 5.03. The summed E-state index contributed by atoms with van der Waals surface area (Å²) in [4.78, 5) is 0. The smallest absolute Gasteiger partial charge is 0.0600 e. The minimum Gasteiger partial charge on any atom is -0.393 e. The van der Waals surface area contributed by atoms with Crippen LogP contribution < -0.4 is 0 Å². The SMILES string of the molecule is C=C[C@H](C)[C@@H](O)CCCCCC. The first-order valence-electron chi connectivity index (χ1n) is 5.03. The summed E-state index contributed by atoms with van der Waals surface area (Å²) in [6, 6.07) is 0. The van der Waals surface area contributed by atoms with E-state index in [4.69, 9.17) is 0 Å². The van der Waals surface area contributed by atoms with E-state index in [0.29, 0.717) is 0 Å². The lowest BCUT2D eigenvalue weighted by molar-refractivity contribution is 0.125. The number of unbranched alkanes of at least 4 members (excludes halogenated alkanes) is 3. The topological polar surface area (TPSA) is 20.2 Å². The molecule has 0 aliphatic carbocycles. The van der Waals surface area contributed by atoms with Gasteiger partial charge in [0, 0.05) is 0 Å². The molecule has 0 aromatic rings. The number of hydrogen-bond donors (Lipinski definition) is 1. The molecule has 0 rings (SSSR count). The molecule has 0 saturated carbocycles. The Morgan fingerprint density at radius 3 is 2.50 bits per heavy atom. The molecule has 0 radical (unpaired) electrons. The second-order valence-corrected chi connectivity index (χ2v) is 3.51. The van der Waals surface area contributed by atoms with Gasteiger partial charge in [0.15, 0.2) is 0 Å². The Bertz CT molecular complexity index is 110. The molecule has 1 nitrogen and oxygen atoms in total. The van der Waals surface area contributed by atoms with Gasteiger partial charge in [-0.2, -0.15) is 0 Å². The van der Waals surface area contributed by atoms with Crippen LogP contribution in [0.3, 0.4) is 0 Å². The molecule has 0 amide bonds. The molecule has 1 heteroatoms. The maximum Gasteiger partial charge on any atom is 0.0600 e. The van der Waals surface area contributed by atoms with Crippen LogP contribution in [0.4, 0.5) is 0 Å². The molecule has 0 fully saturated rings. The molecule has 0 spiro atoms. The van der Waals surface area contributed by atoms with Crippen molar-refractivity contribution in [3.63, 3.8) is 0 Å². The quantitative estimate of drug-likeness (QED) is 0.459. The highest BCUT2D eigenvalue weighted by Crippen LogP contribution is 2.12. The van der Waals surface area contributed by atoms with Gasteiger partial charge in [-0.05, 0) is 12.3 Å². The Balaban J connectivity index is 3.30. The molecule has 0 bridgehead atoms. The first kappa shape index (κ1) is 11.7. The van der Waals surface area contributed by atoms with E-state index in [-0.39, 0.29) is 12.0 Å². The van der Waals surface area contributed by atoms with Gasteiger partial charge in [0.25, 0.3) is 0 Å². The minimum absolute atomic E-state index is 0.181. The molecule has 2 atom stereocenters. The normalized spacial score (nSPS) is 15.6. The molecule has 1 N–H and O–H groups in total. The number of aliphatic hydroxyl groups excluding tert-OH is 1. The summed E-state index contributed by atoms with van der Waals surface area (Å²) < 4.78 is 0. The predicted octanol–water partition coefficient (Wildman–Crippen LogP) is 3.14.